The molecule has 0 spiro atoms. The predicted molar refractivity (Wildman–Crippen MR) is 158 cm³/mol. The summed E-state index contributed by atoms with van der Waals surface area (Å²) in [6.45, 7) is 6.23. The van der Waals surface area contributed by atoms with Crippen molar-refractivity contribution in [3.8, 4) is 39.5 Å². The van der Waals surface area contributed by atoms with Gasteiger partial charge in [0.1, 0.15) is 17.2 Å². The van der Waals surface area contributed by atoms with Crippen LogP contribution >= 0.6 is 7.82 Å². The van der Waals surface area contributed by atoms with Gasteiger partial charge in [-0.1, -0.05) is 124 Å². The fourth-order valence-electron chi connectivity index (χ4n) is 4.28. The van der Waals surface area contributed by atoms with E-state index in [2.05, 4.69) is 20.8 Å². The van der Waals surface area contributed by atoms with Crippen molar-refractivity contribution in [3.63, 3.8) is 0 Å². The van der Waals surface area contributed by atoms with Crippen molar-refractivity contribution in [2.75, 3.05) is 0 Å². The molecular formula is C34H31O4P. The maximum Gasteiger partial charge on any atom is 0.647 e. The lowest BCUT2D eigenvalue weighted by Gasteiger charge is -2.25. The smallest absolute Gasteiger partial charge is 0.386 e. The average molecular weight is 535 g/mol. The molecule has 0 fully saturated rings. The molecule has 0 bridgehead atoms. The van der Waals surface area contributed by atoms with Crippen LogP contribution in [0.1, 0.15) is 26.3 Å². The Bertz CT molecular complexity index is 1470. The summed E-state index contributed by atoms with van der Waals surface area (Å²) < 4.78 is 32.3. The Balaban J connectivity index is 1.45. The maximum absolute atomic E-state index is 14.2. The first-order valence-corrected chi connectivity index (χ1v) is 14.3. The second-order valence-electron chi connectivity index (χ2n) is 10.2. The maximum atomic E-state index is 14.2. The minimum atomic E-state index is -4.16. The number of para-hydroxylation sites is 1. The fourth-order valence-corrected chi connectivity index (χ4v) is 5.55. The molecule has 0 aliphatic carbocycles. The highest BCUT2D eigenvalue weighted by Gasteiger charge is 2.35. The summed E-state index contributed by atoms with van der Waals surface area (Å²) >= 11 is 0. The van der Waals surface area contributed by atoms with Gasteiger partial charge in [0.2, 0.25) is 0 Å². The van der Waals surface area contributed by atoms with Crippen molar-refractivity contribution in [3.05, 3.63) is 139 Å². The highest BCUT2D eigenvalue weighted by atomic mass is 31.2. The Hall–Kier alpha value is -4.27. The number of benzene rings is 5. The summed E-state index contributed by atoms with van der Waals surface area (Å²) in [5, 5.41) is 0. The Labute approximate surface area is 230 Å². The van der Waals surface area contributed by atoms with Crippen molar-refractivity contribution >= 4 is 7.82 Å². The Morgan fingerprint density at radius 3 is 1.28 bits per heavy atom. The zero-order valence-electron chi connectivity index (χ0n) is 22.3. The van der Waals surface area contributed by atoms with Crippen molar-refractivity contribution in [2.45, 2.75) is 26.2 Å². The van der Waals surface area contributed by atoms with Crippen LogP contribution < -0.4 is 13.6 Å². The first-order valence-electron chi connectivity index (χ1n) is 12.9. The van der Waals surface area contributed by atoms with E-state index in [9.17, 15) is 4.57 Å². The summed E-state index contributed by atoms with van der Waals surface area (Å²) in [7, 11) is -4.16. The summed E-state index contributed by atoms with van der Waals surface area (Å²) in [5.41, 5.74) is 4.87. The Kier molecular flexibility index (Phi) is 7.58. The van der Waals surface area contributed by atoms with E-state index in [1.54, 1.807) is 30.3 Å². The van der Waals surface area contributed by atoms with Gasteiger partial charge in [-0.3, -0.25) is 0 Å². The largest absolute Gasteiger partial charge is 0.647 e. The van der Waals surface area contributed by atoms with Crippen LogP contribution in [0.15, 0.2) is 133 Å². The van der Waals surface area contributed by atoms with E-state index in [1.807, 2.05) is 103 Å². The zero-order valence-corrected chi connectivity index (χ0v) is 23.2. The monoisotopic (exact) mass is 534 g/mol. The molecule has 5 aromatic rings. The van der Waals surface area contributed by atoms with Crippen molar-refractivity contribution < 1.29 is 18.1 Å². The molecule has 0 unspecified atom stereocenters. The van der Waals surface area contributed by atoms with Gasteiger partial charge in [0.25, 0.3) is 0 Å². The van der Waals surface area contributed by atoms with E-state index in [1.165, 1.54) is 0 Å². The van der Waals surface area contributed by atoms with Gasteiger partial charge in [-0.05, 0) is 58.0 Å². The van der Waals surface area contributed by atoms with Crippen LogP contribution in [-0.2, 0) is 9.98 Å². The number of rotatable bonds is 8. The lowest BCUT2D eigenvalue weighted by atomic mass is 9.86. The third-order valence-corrected chi connectivity index (χ3v) is 7.55. The quantitative estimate of drug-likeness (QED) is 0.186. The molecule has 0 aliphatic rings. The molecule has 0 amide bonds. The summed E-state index contributed by atoms with van der Waals surface area (Å²) in [4.78, 5) is 0. The third kappa shape index (κ3) is 6.60. The predicted octanol–water partition coefficient (Wildman–Crippen LogP) is 9.96. The van der Waals surface area contributed by atoms with Gasteiger partial charge in [-0.15, -0.1) is 0 Å². The SMILES string of the molecule is CC(C)(C)c1ccccc1OP(=O)(Oc1ccc(-c2ccccc2)cc1)Oc1ccc(-c2ccccc2)cc1. The molecule has 0 radical (unpaired) electrons. The molecule has 0 saturated heterocycles. The van der Waals surface area contributed by atoms with Crippen molar-refractivity contribution in [1.82, 2.24) is 0 Å². The lowest BCUT2D eigenvalue weighted by Crippen LogP contribution is -2.15. The molecule has 0 aromatic heterocycles. The number of phosphoric acid groups is 1. The van der Waals surface area contributed by atoms with Crippen LogP contribution in [0.4, 0.5) is 0 Å². The normalized spacial score (nSPS) is 11.6. The van der Waals surface area contributed by atoms with E-state index in [-0.39, 0.29) is 5.41 Å². The molecule has 5 aromatic carbocycles. The van der Waals surface area contributed by atoms with Gasteiger partial charge in [-0.2, -0.15) is 4.57 Å². The van der Waals surface area contributed by atoms with Crippen LogP contribution in [0, 0.1) is 0 Å². The molecule has 196 valence electrons. The van der Waals surface area contributed by atoms with Gasteiger partial charge < -0.3 is 13.6 Å². The topological polar surface area (TPSA) is 44.8 Å². The highest BCUT2D eigenvalue weighted by molar-refractivity contribution is 7.49. The average Bonchev–Trinajstić information content (AvgIpc) is 2.94. The molecule has 0 N–H and O–H groups in total. The second kappa shape index (κ2) is 11.2. The van der Waals surface area contributed by atoms with E-state index in [4.69, 9.17) is 13.6 Å². The molecule has 4 nitrogen and oxygen atoms in total. The summed E-state index contributed by atoms with van der Waals surface area (Å²) in [6, 6.07) is 42.4. The van der Waals surface area contributed by atoms with E-state index in [0.717, 1.165) is 27.8 Å². The van der Waals surface area contributed by atoms with E-state index >= 15 is 0 Å². The highest BCUT2D eigenvalue weighted by Crippen LogP contribution is 2.51. The molecule has 0 atom stereocenters. The van der Waals surface area contributed by atoms with E-state index in [0.29, 0.717) is 17.2 Å². The molecule has 5 rings (SSSR count). The van der Waals surface area contributed by atoms with Crippen LogP contribution in [0.25, 0.3) is 22.3 Å². The standard InChI is InChI=1S/C34H31O4P/c1-34(2,3)32-16-10-11-17-33(32)38-39(35,36-30-22-18-28(19-23-30)26-12-6-4-7-13-26)37-31-24-20-29(21-25-31)27-14-8-5-9-15-27/h4-25H,1-3H3. The van der Waals surface area contributed by atoms with Gasteiger partial charge in [0, 0.05) is 5.56 Å². The molecule has 0 heterocycles. The zero-order chi connectivity index (χ0) is 27.3. The first kappa shape index (κ1) is 26.3. The van der Waals surface area contributed by atoms with Crippen LogP contribution in [0.2, 0.25) is 0 Å². The van der Waals surface area contributed by atoms with E-state index < -0.39 is 7.82 Å². The van der Waals surface area contributed by atoms with Crippen molar-refractivity contribution in [2.24, 2.45) is 0 Å². The van der Waals surface area contributed by atoms with Crippen LogP contribution in [0.5, 0.6) is 17.2 Å². The molecule has 0 saturated carbocycles. The minimum absolute atomic E-state index is 0.240. The lowest BCUT2D eigenvalue weighted by molar-refractivity contribution is 0.296. The number of hydrogen-bond acceptors (Lipinski definition) is 4. The number of hydrogen-bond donors (Lipinski definition) is 0. The number of phosphoric ester groups is 1. The van der Waals surface area contributed by atoms with Gasteiger partial charge >= 0.3 is 7.82 Å². The van der Waals surface area contributed by atoms with Gasteiger partial charge in [-0.25, -0.2) is 0 Å². The van der Waals surface area contributed by atoms with Crippen LogP contribution in [-0.4, -0.2) is 0 Å². The van der Waals surface area contributed by atoms with Gasteiger partial charge in [0.15, 0.2) is 0 Å². The first-order chi connectivity index (χ1) is 18.8. The van der Waals surface area contributed by atoms with Crippen LogP contribution in [0.3, 0.4) is 0 Å². The Morgan fingerprint density at radius 1 is 0.462 bits per heavy atom. The molecular weight excluding hydrogens is 503 g/mol. The summed E-state index contributed by atoms with van der Waals surface area (Å²) in [6.07, 6.45) is 0. The molecule has 5 heteroatoms. The second-order valence-corrected chi connectivity index (χ2v) is 11.7. The minimum Gasteiger partial charge on any atom is -0.386 e. The Morgan fingerprint density at radius 2 is 0.846 bits per heavy atom. The summed E-state index contributed by atoms with van der Waals surface area (Å²) in [5.74, 6) is 1.22. The molecule has 0 aliphatic heterocycles. The van der Waals surface area contributed by atoms with Gasteiger partial charge in [0.05, 0.1) is 0 Å². The third-order valence-electron chi connectivity index (χ3n) is 6.26. The fraction of sp³-hybridized carbons (Fsp3) is 0.118. The molecule has 39 heavy (non-hydrogen) atoms. The van der Waals surface area contributed by atoms with Crippen molar-refractivity contribution in [1.29, 1.82) is 0 Å².